The van der Waals surface area contributed by atoms with Gasteiger partial charge in [0.2, 0.25) is 5.91 Å². The summed E-state index contributed by atoms with van der Waals surface area (Å²) in [6, 6.07) is 7.24. The maximum absolute atomic E-state index is 13.7. The Morgan fingerprint density at radius 2 is 2.10 bits per heavy atom. The second-order valence-corrected chi connectivity index (χ2v) is 5.39. The Bertz CT molecular complexity index is 508. The molecule has 0 aromatic heterocycles. The number of halogens is 1. The summed E-state index contributed by atoms with van der Waals surface area (Å²) in [5.74, 6) is 0.520. The van der Waals surface area contributed by atoms with Gasteiger partial charge in [-0.3, -0.25) is 4.79 Å². The number of alkyl halides is 1. The van der Waals surface area contributed by atoms with E-state index in [-0.39, 0.29) is 25.0 Å². The molecule has 20 heavy (non-hydrogen) atoms. The summed E-state index contributed by atoms with van der Waals surface area (Å²) >= 11 is 0. The molecule has 4 nitrogen and oxygen atoms in total. The molecule has 0 N–H and O–H groups in total. The molecule has 108 valence electrons. The van der Waals surface area contributed by atoms with E-state index in [4.69, 9.17) is 9.47 Å². The van der Waals surface area contributed by atoms with E-state index in [1.54, 1.807) is 7.05 Å². The monoisotopic (exact) mass is 279 g/mol. The van der Waals surface area contributed by atoms with Crippen molar-refractivity contribution >= 4 is 5.91 Å². The standard InChI is InChI=1S/C15H18FNO3/c1-17(13-9-19-8-12(13)16)15(18)11-6-10-4-2-3-5-14(10)20-7-11/h2-5,11-13H,6-9H2,1H3. The minimum atomic E-state index is -1.10. The fourth-order valence-electron chi connectivity index (χ4n) is 2.81. The molecule has 1 saturated heterocycles. The summed E-state index contributed by atoms with van der Waals surface area (Å²) in [4.78, 5) is 13.9. The molecule has 3 rings (SSSR count). The Morgan fingerprint density at radius 1 is 1.30 bits per heavy atom. The molecule has 5 heteroatoms. The van der Waals surface area contributed by atoms with Crippen LogP contribution >= 0.6 is 0 Å². The summed E-state index contributed by atoms with van der Waals surface area (Å²) in [6.45, 7) is 0.699. The second kappa shape index (κ2) is 5.40. The third-order valence-corrected chi connectivity index (χ3v) is 4.06. The smallest absolute Gasteiger partial charge is 0.229 e. The molecule has 1 aromatic carbocycles. The Kier molecular flexibility index (Phi) is 3.61. The van der Waals surface area contributed by atoms with E-state index in [0.29, 0.717) is 13.0 Å². The van der Waals surface area contributed by atoms with Crippen LogP contribution in [0.5, 0.6) is 5.75 Å². The predicted molar refractivity (Wildman–Crippen MR) is 71.4 cm³/mol. The summed E-state index contributed by atoms with van der Waals surface area (Å²) < 4.78 is 24.4. The van der Waals surface area contributed by atoms with Gasteiger partial charge in [-0.15, -0.1) is 0 Å². The fourth-order valence-corrected chi connectivity index (χ4v) is 2.81. The van der Waals surface area contributed by atoms with Gasteiger partial charge in [-0.05, 0) is 18.1 Å². The number of hydrogen-bond donors (Lipinski definition) is 0. The first-order chi connectivity index (χ1) is 9.66. The van der Waals surface area contributed by atoms with Crippen LogP contribution in [0.2, 0.25) is 0 Å². The number of benzene rings is 1. The van der Waals surface area contributed by atoms with Crippen molar-refractivity contribution in [3.63, 3.8) is 0 Å². The molecule has 3 unspecified atom stereocenters. The van der Waals surface area contributed by atoms with E-state index < -0.39 is 12.2 Å². The van der Waals surface area contributed by atoms with Crippen LogP contribution in [-0.4, -0.2) is 49.9 Å². The van der Waals surface area contributed by atoms with Crippen LogP contribution in [0.3, 0.4) is 0 Å². The predicted octanol–water partition coefficient (Wildman–Crippen LogP) is 1.43. The van der Waals surface area contributed by atoms with Gasteiger partial charge in [0.25, 0.3) is 0 Å². The van der Waals surface area contributed by atoms with Crippen molar-refractivity contribution in [2.75, 3.05) is 26.9 Å². The summed E-state index contributed by atoms with van der Waals surface area (Å²) in [6.07, 6.45) is -0.454. The van der Waals surface area contributed by atoms with Crippen molar-refractivity contribution in [1.82, 2.24) is 4.90 Å². The molecular weight excluding hydrogens is 261 g/mol. The fraction of sp³-hybridized carbons (Fsp3) is 0.533. The van der Waals surface area contributed by atoms with Crippen LogP contribution < -0.4 is 4.74 Å². The topological polar surface area (TPSA) is 38.8 Å². The molecule has 2 aliphatic heterocycles. The lowest BCUT2D eigenvalue weighted by Crippen LogP contribution is -2.47. The van der Waals surface area contributed by atoms with Gasteiger partial charge < -0.3 is 14.4 Å². The van der Waals surface area contributed by atoms with E-state index in [2.05, 4.69) is 0 Å². The minimum Gasteiger partial charge on any atom is -0.492 e. The minimum absolute atomic E-state index is 0.0716. The SMILES string of the molecule is CN(C(=O)C1COc2ccccc2C1)C1COCC1F. The molecule has 2 aliphatic rings. The highest BCUT2D eigenvalue weighted by Gasteiger charge is 2.37. The number of nitrogens with zero attached hydrogens (tertiary/aromatic N) is 1. The Morgan fingerprint density at radius 3 is 2.85 bits per heavy atom. The molecule has 0 saturated carbocycles. The maximum Gasteiger partial charge on any atom is 0.229 e. The van der Waals surface area contributed by atoms with E-state index >= 15 is 0 Å². The van der Waals surface area contributed by atoms with Crippen molar-refractivity contribution < 1.29 is 18.7 Å². The summed E-state index contributed by atoms with van der Waals surface area (Å²) in [5, 5.41) is 0. The number of likely N-dealkylation sites (N-methyl/N-ethyl adjacent to an activating group) is 1. The first kappa shape index (κ1) is 13.4. The van der Waals surface area contributed by atoms with Gasteiger partial charge in [0.15, 0.2) is 0 Å². The Labute approximate surface area is 117 Å². The zero-order valence-electron chi connectivity index (χ0n) is 11.4. The van der Waals surface area contributed by atoms with Crippen LogP contribution in [0, 0.1) is 5.92 Å². The number of carbonyl (C=O) groups excluding carboxylic acids is 1. The summed E-state index contributed by atoms with van der Waals surface area (Å²) in [7, 11) is 1.65. The lowest BCUT2D eigenvalue weighted by molar-refractivity contribution is -0.138. The van der Waals surface area contributed by atoms with E-state index in [9.17, 15) is 9.18 Å². The van der Waals surface area contributed by atoms with Crippen molar-refractivity contribution in [2.24, 2.45) is 5.92 Å². The third kappa shape index (κ3) is 2.38. The zero-order chi connectivity index (χ0) is 14.1. The average Bonchev–Trinajstić information content (AvgIpc) is 2.91. The van der Waals surface area contributed by atoms with Crippen molar-refractivity contribution in [3.8, 4) is 5.75 Å². The normalized spacial score (nSPS) is 28.6. The first-order valence-corrected chi connectivity index (χ1v) is 6.86. The van der Waals surface area contributed by atoms with Crippen molar-refractivity contribution in [3.05, 3.63) is 29.8 Å². The number of hydrogen-bond acceptors (Lipinski definition) is 3. The maximum atomic E-state index is 13.7. The van der Waals surface area contributed by atoms with Crippen molar-refractivity contribution in [1.29, 1.82) is 0 Å². The van der Waals surface area contributed by atoms with E-state index in [1.807, 2.05) is 24.3 Å². The molecule has 3 atom stereocenters. The molecule has 1 amide bonds. The highest BCUT2D eigenvalue weighted by molar-refractivity contribution is 5.80. The Hall–Kier alpha value is -1.62. The van der Waals surface area contributed by atoms with E-state index in [0.717, 1.165) is 11.3 Å². The third-order valence-electron chi connectivity index (χ3n) is 4.06. The highest BCUT2D eigenvalue weighted by atomic mass is 19.1. The number of amides is 1. The van der Waals surface area contributed by atoms with Gasteiger partial charge >= 0.3 is 0 Å². The largest absolute Gasteiger partial charge is 0.492 e. The van der Waals surface area contributed by atoms with Gasteiger partial charge in [-0.1, -0.05) is 18.2 Å². The first-order valence-electron chi connectivity index (χ1n) is 6.86. The molecule has 2 heterocycles. The lowest BCUT2D eigenvalue weighted by atomic mass is 9.95. The van der Waals surface area contributed by atoms with Gasteiger partial charge in [0.05, 0.1) is 25.2 Å². The van der Waals surface area contributed by atoms with Crippen molar-refractivity contribution in [2.45, 2.75) is 18.6 Å². The molecule has 0 spiro atoms. The van der Waals surface area contributed by atoms with Crippen LogP contribution in [-0.2, 0) is 16.0 Å². The van der Waals surface area contributed by atoms with E-state index in [1.165, 1.54) is 4.90 Å². The average molecular weight is 279 g/mol. The van der Waals surface area contributed by atoms with Crippen LogP contribution in [0.1, 0.15) is 5.56 Å². The number of rotatable bonds is 2. The summed E-state index contributed by atoms with van der Waals surface area (Å²) in [5.41, 5.74) is 1.03. The molecule has 1 aromatic rings. The van der Waals surface area contributed by atoms with Gasteiger partial charge in [0, 0.05) is 7.05 Å². The Balaban J connectivity index is 1.69. The van der Waals surface area contributed by atoms with Crippen LogP contribution in [0.4, 0.5) is 4.39 Å². The highest BCUT2D eigenvalue weighted by Crippen LogP contribution is 2.28. The van der Waals surface area contributed by atoms with Gasteiger partial charge in [-0.25, -0.2) is 4.39 Å². The number of carbonyl (C=O) groups is 1. The zero-order valence-corrected chi connectivity index (χ0v) is 11.4. The molecule has 1 fully saturated rings. The quantitative estimate of drug-likeness (QED) is 0.822. The van der Waals surface area contributed by atoms with Crippen LogP contribution in [0.25, 0.3) is 0 Å². The van der Waals surface area contributed by atoms with Crippen LogP contribution in [0.15, 0.2) is 24.3 Å². The molecule has 0 bridgehead atoms. The molecular formula is C15H18FNO3. The van der Waals surface area contributed by atoms with Gasteiger partial charge in [0.1, 0.15) is 18.5 Å². The number of ether oxygens (including phenoxy) is 2. The molecule has 0 radical (unpaired) electrons. The number of para-hydroxylation sites is 1. The second-order valence-electron chi connectivity index (χ2n) is 5.39. The number of fused-ring (bicyclic) bond motifs is 1. The lowest BCUT2D eigenvalue weighted by Gasteiger charge is -2.31. The molecule has 0 aliphatic carbocycles. The van der Waals surface area contributed by atoms with Gasteiger partial charge in [-0.2, -0.15) is 0 Å².